The van der Waals surface area contributed by atoms with Gasteiger partial charge in [0, 0.05) is 42.8 Å². The van der Waals surface area contributed by atoms with Crippen LogP contribution in [0.5, 0.6) is 0 Å². The largest absolute Gasteiger partial charge is 0.336 e. The third kappa shape index (κ3) is 2.97. The van der Waals surface area contributed by atoms with Gasteiger partial charge in [0.05, 0.1) is 0 Å². The van der Waals surface area contributed by atoms with Gasteiger partial charge in [0.25, 0.3) is 11.5 Å². The lowest BCUT2D eigenvalue weighted by molar-refractivity contribution is 0.0663. The summed E-state index contributed by atoms with van der Waals surface area (Å²) in [5.74, 6) is -0.146. The molecule has 0 radical (unpaired) electrons. The zero-order valence-electron chi connectivity index (χ0n) is 10.5. The van der Waals surface area contributed by atoms with Crippen LogP contribution in [0, 0.1) is 0 Å². The van der Waals surface area contributed by atoms with Crippen LogP contribution in [0.1, 0.15) is 24.2 Å². The van der Waals surface area contributed by atoms with Crippen LogP contribution in [0.2, 0.25) is 0 Å². The topological polar surface area (TPSA) is 42.3 Å². The average molecular weight is 301 g/mol. The lowest BCUT2D eigenvalue weighted by atomic mass is 10.1. The highest BCUT2D eigenvalue weighted by molar-refractivity contribution is 9.09. The third-order valence-corrected chi connectivity index (χ3v) is 4.26. The predicted octanol–water partition coefficient (Wildman–Crippen LogP) is 1.63. The van der Waals surface area contributed by atoms with Crippen LogP contribution in [0.15, 0.2) is 23.1 Å². The Balaban J connectivity index is 3.05. The highest BCUT2D eigenvalue weighted by Gasteiger charge is 2.27. The Kier molecular flexibility index (Phi) is 4.14. The third-order valence-electron chi connectivity index (χ3n) is 2.89. The Morgan fingerprint density at radius 1 is 1.53 bits per heavy atom. The molecule has 1 aromatic heterocycles. The van der Waals surface area contributed by atoms with E-state index in [4.69, 9.17) is 0 Å². The van der Waals surface area contributed by atoms with E-state index < -0.39 is 0 Å². The van der Waals surface area contributed by atoms with Gasteiger partial charge in [0.2, 0.25) is 0 Å². The molecule has 0 aliphatic heterocycles. The first-order valence-electron chi connectivity index (χ1n) is 5.30. The summed E-state index contributed by atoms with van der Waals surface area (Å²) in [6, 6.07) is 3.02. The van der Waals surface area contributed by atoms with Crippen molar-refractivity contribution in [3.63, 3.8) is 0 Å². The van der Waals surface area contributed by atoms with Crippen LogP contribution in [0.4, 0.5) is 0 Å². The number of hydrogen-bond donors (Lipinski definition) is 0. The van der Waals surface area contributed by atoms with Crippen molar-refractivity contribution >= 4 is 21.8 Å². The second-order valence-electron chi connectivity index (χ2n) is 4.67. The summed E-state index contributed by atoms with van der Waals surface area (Å²) in [6.07, 6.45) is 1.60. The number of amides is 1. The molecule has 17 heavy (non-hydrogen) atoms. The number of carbonyl (C=O) groups excluding carboxylic acids is 1. The normalized spacial score (nSPS) is 11.4. The fourth-order valence-corrected chi connectivity index (χ4v) is 1.62. The first-order valence-corrected chi connectivity index (χ1v) is 6.42. The van der Waals surface area contributed by atoms with E-state index in [9.17, 15) is 9.59 Å². The van der Waals surface area contributed by atoms with E-state index in [1.54, 1.807) is 31.3 Å². The van der Waals surface area contributed by atoms with Gasteiger partial charge in [-0.1, -0.05) is 15.9 Å². The van der Waals surface area contributed by atoms with E-state index in [2.05, 4.69) is 15.9 Å². The molecule has 1 heterocycles. The Morgan fingerprint density at radius 3 is 2.59 bits per heavy atom. The number of rotatable bonds is 3. The Bertz CT molecular complexity index is 480. The number of alkyl halides is 1. The summed E-state index contributed by atoms with van der Waals surface area (Å²) in [6.45, 7) is 3.92. The van der Waals surface area contributed by atoms with Crippen molar-refractivity contribution in [1.29, 1.82) is 0 Å². The fraction of sp³-hybridized carbons (Fsp3) is 0.500. The molecular weight excluding hydrogens is 284 g/mol. The van der Waals surface area contributed by atoms with Crippen LogP contribution < -0.4 is 5.56 Å². The van der Waals surface area contributed by atoms with Crippen LogP contribution in [0.3, 0.4) is 0 Å². The summed E-state index contributed by atoms with van der Waals surface area (Å²) in [7, 11) is 3.39. The maximum atomic E-state index is 12.2. The minimum Gasteiger partial charge on any atom is -0.336 e. The Labute approximate surface area is 109 Å². The number of aromatic nitrogens is 1. The molecule has 1 aromatic rings. The van der Waals surface area contributed by atoms with Crippen molar-refractivity contribution < 1.29 is 4.79 Å². The number of aryl methyl sites for hydroxylation is 1. The fourth-order valence-electron chi connectivity index (χ4n) is 1.24. The van der Waals surface area contributed by atoms with Gasteiger partial charge in [-0.3, -0.25) is 9.59 Å². The van der Waals surface area contributed by atoms with E-state index in [1.165, 1.54) is 10.6 Å². The molecule has 0 spiro atoms. The standard InChI is InChI=1S/C12H17BrN2O2/c1-12(2,8-13)15(4)11(17)9-5-6-14(3)10(16)7-9/h5-7H,8H2,1-4H3. The molecule has 0 saturated carbocycles. The van der Waals surface area contributed by atoms with Gasteiger partial charge in [-0.15, -0.1) is 0 Å². The molecule has 5 heteroatoms. The van der Waals surface area contributed by atoms with Crippen molar-refractivity contribution in [2.24, 2.45) is 7.05 Å². The molecule has 1 amide bonds. The van der Waals surface area contributed by atoms with Gasteiger partial charge < -0.3 is 9.47 Å². The summed E-state index contributed by atoms with van der Waals surface area (Å²) >= 11 is 3.38. The first-order chi connectivity index (χ1) is 7.79. The van der Waals surface area contributed by atoms with Crippen molar-refractivity contribution in [2.45, 2.75) is 19.4 Å². The van der Waals surface area contributed by atoms with E-state index in [-0.39, 0.29) is 17.0 Å². The number of carbonyl (C=O) groups is 1. The maximum absolute atomic E-state index is 12.2. The minimum absolute atomic E-state index is 0.146. The van der Waals surface area contributed by atoms with E-state index in [0.717, 1.165) is 0 Å². The quantitative estimate of drug-likeness (QED) is 0.796. The van der Waals surface area contributed by atoms with Crippen molar-refractivity contribution in [2.75, 3.05) is 12.4 Å². The summed E-state index contributed by atoms with van der Waals surface area (Å²) in [5.41, 5.74) is -0.0523. The van der Waals surface area contributed by atoms with Gasteiger partial charge >= 0.3 is 0 Å². The van der Waals surface area contributed by atoms with Gasteiger partial charge in [0.1, 0.15) is 0 Å². The number of nitrogens with zero attached hydrogens (tertiary/aromatic N) is 2. The molecule has 0 unspecified atom stereocenters. The minimum atomic E-state index is -0.293. The molecule has 1 rings (SSSR count). The lowest BCUT2D eigenvalue weighted by Crippen LogP contribution is -2.46. The number of halogens is 1. The van der Waals surface area contributed by atoms with Gasteiger partial charge in [0.15, 0.2) is 0 Å². The van der Waals surface area contributed by atoms with Crippen LogP contribution in [0.25, 0.3) is 0 Å². The molecule has 0 aromatic carbocycles. The molecule has 4 nitrogen and oxygen atoms in total. The highest BCUT2D eigenvalue weighted by Crippen LogP contribution is 2.17. The molecule has 0 atom stereocenters. The lowest BCUT2D eigenvalue weighted by Gasteiger charge is -2.34. The SMILES string of the molecule is CN(C(=O)c1ccn(C)c(=O)c1)C(C)(C)CBr. The van der Waals surface area contributed by atoms with E-state index >= 15 is 0 Å². The first kappa shape index (κ1) is 14.0. The monoisotopic (exact) mass is 300 g/mol. The van der Waals surface area contributed by atoms with Crippen molar-refractivity contribution in [3.8, 4) is 0 Å². The highest BCUT2D eigenvalue weighted by atomic mass is 79.9. The second kappa shape index (κ2) is 5.04. The molecule has 0 bridgehead atoms. The van der Waals surface area contributed by atoms with E-state index in [1.807, 2.05) is 13.8 Å². The van der Waals surface area contributed by atoms with Crippen LogP contribution >= 0.6 is 15.9 Å². The van der Waals surface area contributed by atoms with Crippen molar-refractivity contribution in [3.05, 3.63) is 34.2 Å². The van der Waals surface area contributed by atoms with Crippen molar-refractivity contribution in [1.82, 2.24) is 9.47 Å². The summed E-state index contributed by atoms with van der Waals surface area (Å²) in [4.78, 5) is 25.3. The summed E-state index contributed by atoms with van der Waals surface area (Å²) in [5, 5.41) is 0.674. The van der Waals surface area contributed by atoms with Gasteiger partial charge in [-0.25, -0.2) is 0 Å². The van der Waals surface area contributed by atoms with Gasteiger partial charge in [-0.2, -0.15) is 0 Å². The number of pyridine rings is 1. The predicted molar refractivity (Wildman–Crippen MR) is 71.6 cm³/mol. The number of hydrogen-bond acceptors (Lipinski definition) is 2. The molecular formula is C12H17BrN2O2. The zero-order valence-corrected chi connectivity index (χ0v) is 12.1. The average Bonchev–Trinajstić information content (AvgIpc) is 2.30. The molecule has 94 valence electrons. The van der Waals surface area contributed by atoms with Crippen LogP contribution in [-0.4, -0.2) is 33.3 Å². The molecule has 0 aliphatic carbocycles. The molecule has 0 saturated heterocycles. The van der Waals surface area contributed by atoms with Gasteiger partial charge in [-0.05, 0) is 19.9 Å². The smallest absolute Gasteiger partial charge is 0.254 e. The van der Waals surface area contributed by atoms with Crippen LogP contribution in [-0.2, 0) is 7.05 Å². The second-order valence-corrected chi connectivity index (χ2v) is 5.24. The Morgan fingerprint density at radius 2 is 2.12 bits per heavy atom. The molecule has 0 aliphatic rings. The van der Waals surface area contributed by atoms with E-state index in [0.29, 0.717) is 10.9 Å². The summed E-state index contributed by atoms with van der Waals surface area (Å²) < 4.78 is 1.44. The Hall–Kier alpha value is -1.10. The zero-order chi connectivity index (χ0) is 13.2. The maximum Gasteiger partial charge on any atom is 0.254 e. The molecule has 0 N–H and O–H groups in total. The molecule has 0 fully saturated rings.